The first-order valence-electron chi connectivity index (χ1n) is 15.3. The molecule has 2 bridgehead atoms. The zero-order chi connectivity index (χ0) is 30.1. The molecule has 3 atom stereocenters. The van der Waals surface area contributed by atoms with E-state index in [4.69, 9.17) is 0 Å². The van der Waals surface area contributed by atoms with Gasteiger partial charge < -0.3 is 10.0 Å². The standard InChI is InChI=1S/C34H39F4NO3/c1-3-22-4-6-23(7-5-22)21-33-18-19-39(28(40)31-12-15-32(16-13-31,17-14-31)29(41)42)27(33)11-8-24-20-25(9-10-26(24)33)30(2,35)34(36,37)38/h4-7,9-10,20,27H,3,8,11-19,21H2,1-2H3,(H,41,42). The molecule has 1 saturated heterocycles. The lowest BCUT2D eigenvalue weighted by atomic mass is 9.53. The van der Waals surface area contributed by atoms with Crippen molar-refractivity contribution in [2.24, 2.45) is 10.8 Å². The molecule has 42 heavy (non-hydrogen) atoms. The van der Waals surface area contributed by atoms with Gasteiger partial charge in [-0.15, -0.1) is 0 Å². The summed E-state index contributed by atoms with van der Waals surface area (Å²) in [6.45, 7) is 3.22. The quantitative estimate of drug-likeness (QED) is 0.359. The Bertz CT molecular complexity index is 1370. The van der Waals surface area contributed by atoms with Crippen molar-refractivity contribution in [2.45, 2.75) is 108 Å². The van der Waals surface area contributed by atoms with Crippen molar-refractivity contribution in [3.05, 3.63) is 70.3 Å². The maximum atomic E-state index is 15.0. The highest BCUT2D eigenvalue weighted by molar-refractivity contribution is 5.86. The number of halogens is 4. The number of benzene rings is 2. The number of alkyl halides is 4. The largest absolute Gasteiger partial charge is 0.481 e. The Morgan fingerprint density at radius 1 is 0.905 bits per heavy atom. The van der Waals surface area contributed by atoms with Crippen LogP contribution in [0.25, 0.3) is 0 Å². The van der Waals surface area contributed by atoms with Gasteiger partial charge in [0.15, 0.2) is 0 Å². The second-order valence-corrected chi connectivity index (χ2v) is 13.5. The minimum Gasteiger partial charge on any atom is -0.481 e. The summed E-state index contributed by atoms with van der Waals surface area (Å²) in [6, 6.07) is 12.7. The van der Waals surface area contributed by atoms with E-state index in [1.807, 2.05) is 4.90 Å². The third-order valence-electron chi connectivity index (χ3n) is 11.6. The molecule has 1 amide bonds. The summed E-state index contributed by atoms with van der Waals surface area (Å²) < 4.78 is 55.8. The lowest BCUT2D eigenvalue weighted by Gasteiger charge is -2.52. The van der Waals surface area contributed by atoms with Gasteiger partial charge in [-0.05, 0) is 105 Å². The van der Waals surface area contributed by atoms with Gasteiger partial charge in [0.05, 0.1) is 5.41 Å². The molecule has 2 aromatic rings. The van der Waals surface area contributed by atoms with Gasteiger partial charge in [0.25, 0.3) is 0 Å². The van der Waals surface area contributed by atoms with Crippen molar-refractivity contribution in [3.63, 3.8) is 0 Å². The number of rotatable bonds is 6. The summed E-state index contributed by atoms with van der Waals surface area (Å²) in [5.41, 5.74) is -1.60. The van der Waals surface area contributed by atoms with Gasteiger partial charge in [-0.2, -0.15) is 13.2 Å². The fraction of sp³-hybridized carbons (Fsp3) is 0.588. The first-order valence-corrected chi connectivity index (χ1v) is 15.3. The third kappa shape index (κ3) is 4.29. The van der Waals surface area contributed by atoms with Crippen LogP contribution in [0.4, 0.5) is 17.6 Å². The number of hydrogen-bond donors (Lipinski definition) is 1. The van der Waals surface area contributed by atoms with Crippen LogP contribution in [-0.2, 0) is 39.9 Å². The van der Waals surface area contributed by atoms with E-state index in [2.05, 4.69) is 31.2 Å². The molecule has 3 unspecified atom stereocenters. The SMILES string of the molecule is CCc1ccc(CC23CCN(C(=O)C45CCC(C(=O)O)(CC4)CC5)C2CCc2cc(C(C)(F)C(F)(F)F)ccc23)cc1. The zero-order valence-corrected chi connectivity index (χ0v) is 24.3. The van der Waals surface area contributed by atoms with E-state index in [0.29, 0.717) is 77.7 Å². The minimum absolute atomic E-state index is 0.114. The molecule has 7 rings (SSSR count). The number of fused-ring (bicyclic) bond motifs is 6. The van der Waals surface area contributed by atoms with Crippen LogP contribution in [0, 0.1) is 10.8 Å². The molecule has 2 aromatic carbocycles. The summed E-state index contributed by atoms with van der Waals surface area (Å²) in [5.74, 6) is -0.640. The Balaban J connectivity index is 1.37. The number of carboxylic acid groups (broad SMARTS) is 1. The van der Waals surface area contributed by atoms with E-state index in [0.717, 1.165) is 23.1 Å². The van der Waals surface area contributed by atoms with Gasteiger partial charge >= 0.3 is 12.1 Å². The molecule has 226 valence electrons. The number of aryl methyl sites for hydroxylation is 2. The molecule has 0 radical (unpaired) electrons. The van der Waals surface area contributed by atoms with E-state index in [1.165, 1.54) is 17.7 Å². The van der Waals surface area contributed by atoms with Crippen molar-refractivity contribution in [2.75, 3.05) is 6.54 Å². The summed E-state index contributed by atoms with van der Waals surface area (Å²) >= 11 is 0. The molecular weight excluding hydrogens is 546 g/mol. The Morgan fingerprint density at radius 3 is 2.07 bits per heavy atom. The van der Waals surface area contributed by atoms with Crippen LogP contribution < -0.4 is 0 Å². The summed E-state index contributed by atoms with van der Waals surface area (Å²) in [4.78, 5) is 28.4. The first kappa shape index (κ1) is 29.2. The first-order chi connectivity index (χ1) is 19.8. The van der Waals surface area contributed by atoms with Gasteiger partial charge in [-0.3, -0.25) is 9.59 Å². The Morgan fingerprint density at radius 2 is 1.50 bits per heavy atom. The molecule has 3 saturated carbocycles. The minimum atomic E-state index is -5.02. The molecule has 1 aliphatic heterocycles. The highest BCUT2D eigenvalue weighted by Crippen LogP contribution is 2.59. The number of amides is 1. The fourth-order valence-electron chi connectivity index (χ4n) is 8.65. The van der Waals surface area contributed by atoms with Crippen molar-refractivity contribution in [1.82, 2.24) is 4.90 Å². The number of hydrogen-bond acceptors (Lipinski definition) is 2. The highest BCUT2D eigenvalue weighted by atomic mass is 19.4. The third-order valence-corrected chi connectivity index (χ3v) is 11.6. The molecule has 8 heteroatoms. The van der Waals surface area contributed by atoms with Gasteiger partial charge in [-0.25, -0.2) is 4.39 Å². The molecule has 0 spiro atoms. The van der Waals surface area contributed by atoms with Crippen LogP contribution in [0.2, 0.25) is 0 Å². The Labute approximate surface area is 244 Å². The van der Waals surface area contributed by atoms with Crippen LogP contribution in [0.5, 0.6) is 0 Å². The Kier molecular flexibility index (Phi) is 6.82. The average Bonchev–Trinajstić information content (AvgIpc) is 3.36. The average molecular weight is 586 g/mol. The zero-order valence-electron chi connectivity index (χ0n) is 24.3. The van der Waals surface area contributed by atoms with Crippen LogP contribution in [0.3, 0.4) is 0 Å². The maximum Gasteiger partial charge on any atom is 0.426 e. The normalized spacial score (nSPS) is 31.8. The molecule has 5 aliphatic rings. The van der Waals surface area contributed by atoms with E-state index in [1.54, 1.807) is 6.07 Å². The number of carbonyl (C=O) groups is 2. The fourth-order valence-corrected chi connectivity index (χ4v) is 8.65. The lowest BCUT2D eigenvalue weighted by Crippen LogP contribution is -2.56. The number of carbonyl (C=O) groups excluding carboxylic acids is 1. The highest BCUT2D eigenvalue weighted by Gasteiger charge is 2.60. The number of nitrogens with zero attached hydrogens (tertiary/aromatic N) is 1. The van der Waals surface area contributed by atoms with Gasteiger partial charge in [0, 0.05) is 23.4 Å². The topological polar surface area (TPSA) is 57.6 Å². The summed E-state index contributed by atoms with van der Waals surface area (Å²) in [7, 11) is 0. The predicted octanol–water partition coefficient (Wildman–Crippen LogP) is 7.45. The van der Waals surface area contributed by atoms with Crippen LogP contribution in [0.1, 0.15) is 93.0 Å². The van der Waals surface area contributed by atoms with Crippen LogP contribution in [0.15, 0.2) is 42.5 Å². The molecule has 1 N–H and O–H groups in total. The summed E-state index contributed by atoms with van der Waals surface area (Å²) in [6.07, 6.45) is 1.58. The monoisotopic (exact) mass is 585 g/mol. The molecule has 0 aromatic heterocycles. The molecule has 1 heterocycles. The lowest BCUT2D eigenvalue weighted by molar-refractivity contribution is -0.228. The molecule has 4 fully saturated rings. The second-order valence-electron chi connectivity index (χ2n) is 13.5. The Hall–Kier alpha value is -2.90. The van der Waals surface area contributed by atoms with E-state index < -0.39 is 34.1 Å². The number of aliphatic carboxylic acids is 1. The van der Waals surface area contributed by atoms with Crippen molar-refractivity contribution >= 4 is 11.9 Å². The smallest absolute Gasteiger partial charge is 0.426 e. The van der Waals surface area contributed by atoms with Crippen LogP contribution in [-0.4, -0.2) is 40.6 Å². The van der Waals surface area contributed by atoms with Crippen molar-refractivity contribution in [1.29, 1.82) is 0 Å². The van der Waals surface area contributed by atoms with Crippen molar-refractivity contribution in [3.8, 4) is 0 Å². The van der Waals surface area contributed by atoms with E-state index in [-0.39, 0.29) is 17.5 Å². The van der Waals surface area contributed by atoms with Gasteiger partial charge in [0.1, 0.15) is 0 Å². The number of likely N-dealkylation sites (tertiary alicyclic amines) is 1. The van der Waals surface area contributed by atoms with Gasteiger partial charge in [-0.1, -0.05) is 49.4 Å². The predicted molar refractivity (Wildman–Crippen MR) is 151 cm³/mol. The van der Waals surface area contributed by atoms with Gasteiger partial charge in [0.2, 0.25) is 11.6 Å². The molecular formula is C34H39F4NO3. The summed E-state index contributed by atoms with van der Waals surface area (Å²) in [5, 5.41) is 9.83. The molecule has 4 nitrogen and oxygen atoms in total. The maximum absolute atomic E-state index is 15.0. The van der Waals surface area contributed by atoms with E-state index in [9.17, 15) is 27.9 Å². The number of carboxylic acids is 1. The molecule has 4 aliphatic carbocycles. The second kappa shape index (κ2) is 9.81. The van der Waals surface area contributed by atoms with E-state index >= 15 is 4.39 Å². The van der Waals surface area contributed by atoms with Crippen LogP contribution >= 0.6 is 0 Å². The van der Waals surface area contributed by atoms with Crippen molar-refractivity contribution < 1.29 is 32.3 Å².